The topological polar surface area (TPSA) is 114 Å². The largest absolute Gasteiger partial charge is 0.524 e. The third-order valence-electron chi connectivity index (χ3n) is 3.05. The van der Waals surface area contributed by atoms with Crippen molar-refractivity contribution in [3.05, 3.63) is 64.8 Å². The second kappa shape index (κ2) is 5.06. The monoisotopic (exact) mass is 320 g/mol. The minimum Gasteiger partial charge on any atom is -0.452 e. The first-order valence-corrected chi connectivity index (χ1v) is 7.62. The van der Waals surface area contributed by atoms with E-state index in [9.17, 15) is 14.2 Å². The SMILES string of the molecule is O=C1c2ccccc2C(=O)c2oc(C=COP(=O)(O)O)cc21. The fourth-order valence-corrected chi connectivity index (χ4v) is 2.37. The van der Waals surface area contributed by atoms with Gasteiger partial charge in [-0.3, -0.25) is 19.4 Å². The Balaban J connectivity index is 1.97. The molecule has 0 radical (unpaired) electrons. The van der Waals surface area contributed by atoms with Crippen LogP contribution in [0.3, 0.4) is 0 Å². The molecule has 3 rings (SSSR count). The lowest BCUT2D eigenvalue weighted by atomic mass is 9.89. The molecule has 112 valence electrons. The molecule has 7 nitrogen and oxygen atoms in total. The molecule has 0 fully saturated rings. The van der Waals surface area contributed by atoms with E-state index in [1.54, 1.807) is 18.2 Å². The molecule has 22 heavy (non-hydrogen) atoms. The van der Waals surface area contributed by atoms with Crippen molar-refractivity contribution in [2.75, 3.05) is 0 Å². The van der Waals surface area contributed by atoms with Gasteiger partial charge in [0.2, 0.25) is 5.78 Å². The Labute approximate surface area is 124 Å². The van der Waals surface area contributed by atoms with Gasteiger partial charge >= 0.3 is 7.82 Å². The summed E-state index contributed by atoms with van der Waals surface area (Å²) in [5.41, 5.74) is 0.665. The van der Waals surface area contributed by atoms with Crippen LogP contribution in [0.5, 0.6) is 0 Å². The highest BCUT2D eigenvalue weighted by molar-refractivity contribution is 7.46. The molecule has 0 bridgehead atoms. The van der Waals surface area contributed by atoms with Crippen LogP contribution >= 0.6 is 7.82 Å². The van der Waals surface area contributed by atoms with Crippen molar-refractivity contribution >= 4 is 25.5 Å². The van der Waals surface area contributed by atoms with E-state index in [0.717, 1.165) is 12.3 Å². The van der Waals surface area contributed by atoms with Gasteiger partial charge < -0.3 is 8.94 Å². The normalized spacial score (nSPS) is 14.1. The highest BCUT2D eigenvalue weighted by atomic mass is 31.2. The molecule has 1 heterocycles. The van der Waals surface area contributed by atoms with E-state index in [1.807, 2.05) is 0 Å². The maximum absolute atomic E-state index is 12.3. The smallest absolute Gasteiger partial charge is 0.452 e. The summed E-state index contributed by atoms with van der Waals surface area (Å²) >= 11 is 0. The molecule has 1 aromatic carbocycles. The van der Waals surface area contributed by atoms with E-state index >= 15 is 0 Å². The van der Waals surface area contributed by atoms with Crippen molar-refractivity contribution in [1.82, 2.24) is 0 Å². The zero-order valence-electron chi connectivity index (χ0n) is 10.9. The molecular weight excluding hydrogens is 311 g/mol. The number of ketones is 2. The van der Waals surface area contributed by atoms with E-state index in [4.69, 9.17) is 14.2 Å². The average molecular weight is 320 g/mol. The quantitative estimate of drug-likeness (QED) is 0.561. The van der Waals surface area contributed by atoms with E-state index in [1.165, 1.54) is 12.1 Å². The minimum absolute atomic E-state index is 0.0768. The molecule has 0 saturated heterocycles. The Kier molecular flexibility index (Phi) is 3.33. The van der Waals surface area contributed by atoms with Crippen molar-refractivity contribution in [3.8, 4) is 0 Å². The number of hydrogen-bond donors (Lipinski definition) is 2. The lowest BCUT2D eigenvalue weighted by molar-refractivity contribution is 0.0960. The molecule has 0 atom stereocenters. The van der Waals surface area contributed by atoms with Gasteiger partial charge in [-0.05, 0) is 6.07 Å². The molecule has 0 aliphatic heterocycles. The zero-order valence-corrected chi connectivity index (χ0v) is 11.8. The number of carbonyl (C=O) groups excluding carboxylic acids is 2. The Morgan fingerprint density at radius 1 is 1.05 bits per heavy atom. The van der Waals surface area contributed by atoms with Gasteiger partial charge in [0.1, 0.15) is 5.76 Å². The van der Waals surface area contributed by atoms with Crippen LogP contribution in [0, 0.1) is 0 Å². The molecule has 1 aliphatic rings. The number of benzene rings is 1. The van der Waals surface area contributed by atoms with Crippen LogP contribution < -0.4 is 0 Å². The summed E-state index contributed by atoms with van der Waals surface area (Å²) in [4.78, 5) is 41.7. The van der Waals surface area contributed by atoms with Gasteiger partial charge in [0.25, 0.3) is 0 Å². The minimum atomic E-state index is -4.64. The Hall–Kier alpha value is -2.47. The zero-order chi connectivity index (χ0) is 15.9. The molecule has 0 saturated carbocycles. The predicted octanol–water partition coefficient (Wildman–Crippen LogP) is 2.14. The van der Waals surface area contributed by atoms with Gasteiger partial charge in [-0.15, -0.1) is 0 Å². The van der Waals surface area contributed by atoms with Crippen LogP contribution in [-0.2, 0) is 9.09 Å². The first-order valence-electron chi connectivity index (χ1n) is 6.09. The molecule has 0 spiro atoms. The molecule has 2 N–H and O–H groups in total. The highest BCUT2D eigenvalue weighted by Crippen LogP contribution is 2.36. The molecule has 0 unspecified atom stereocenters. The fourth-order valence-electron chi connectivity index (χ4n) is 2.15. The number of fused-ring (bicyclic) bond motifs is 2. The van der Waals surface area contributed by atoms with Crippen LogP contribution in [0.15, 0.2) is 41.0 Å². The third kappa shape index (κ3) is 2.53. The number of rotatable bonds is 3. The van der Waals surface area contributed by atoms with Gasteiger partial charge in [-0.25, -0.2) is 4.57 Å². The lowest BCUT2D eigenvalue weighted by Gasteiger charge is -2.11. The third-order valence-corrected chi connectivity index (χ3v) is 3.45. The number of furan rings is 1. The molecule has 1 aromatic heterocycles. The van der Waals surface area contributed by atoms with Gasteiger partial charge in [0.15, 0.2) is 11.5 Å². The lowest BCUT2D eigenvalue weighted by Crippen LogP contribution is -2.18. The van der Waals surface area contributed by atoms with Gasteiger partial charge in [0, 0.05) is 17.2 Å². The van der Waals surface area contributed by atoms with E-state index in [-0.39, 0.29) is 28.4 Å². The number of carbonyl (C=O) groups is 2. The number of phosphoric acid groups is 1. The summed E-state index contributed by atoms with van der Waals surface area (Å²) in [6, 6.07) is 7.72. The maximum Gasteiger partial charge on any atom is 0.524 e. The standard InChI is InChI=1S/C14H9O7P/c15-12-9-3-1-2-4-10(9)13(16)14-11(12)7-8(21-14)5-6-20-22(17,18)19/h1-7H,(H2,17,18,19). The predicted molar refractivity (Wildman–Crippen MR) is 74.2 cm³/mol. The van der Waals surface area contributed by atoms with E-state index < -0.39 is 13.6 Å². The number of phosphoric ester groups is 1. The van der Waals surface area contributed by atoms with Gasteiger partial charge in [-0.2, -0.15) is 0 Å². The summed E-state index contributed by atoms with van der Waals surface area (Å²) in [5.74, 6) is -0.780. The Morgan fingerprint density at radius 2 is 1.68 bits per heavy atom. The second-order valence-electron chi connectivity index (χ2n) is 4.49. The fraction of sp³-hybridized carbons (Fsp3) is 0. The van der Waals surface area contributed by atoms with Crippen LogP contribution in [0.1, 0.15) is 37.8 Å². The van der Waals surface area contributed by atoms with Crippen molar-refractivity contribution in [2.24, 2.45) is 0 Å². The molecule has 2 aromatic rings. The number of hydrogen-bond acceptors (Lipinski definition) is 5. The average Bonchev–Trinajstić information content (AvgIpc) is 2.88. The second-order valence-corrected chi connectivity index (χ2v) is 5.69. The summed E-state index contributed by atoms with van der Waals surface area (Å²) in [6.45, 7) is 0. The summed E-state index contributed by atoms with van der Waals surface area (Å²) in [5, 5.41) is 0. The van der Waals surface area contributed by atoms with Crippen molar-refractivity contribution in [2.45, 2.75) is 0 Å². The Bertz CT molecular complexity index is 803. The summed E-state index contributed by atoms with van der Waals surface area (Å²) < 4.78 is 20.0. The Morgan fingerprint density at radius 3 is 2.32 bits per heavy atom. The molecular formula is C14H9O7P. The highest BCUT2D eigenvalue weighted by Gasteiger charge is 2.33. The van der Waals surface area contributed by atoms with E-state index in [0.29, 0.717) is 5.56 Å². The van der Waals surface area contributed by atoms with Crippen LogP contribution in [0.25, 0.3) is 6.08 Å². The van der Waals surface area contributed by atoms with Gasteiger partial charge in [-0.1, -0.05) is 24.3 Å². The molecule has 1 aliphatic carbocycles. The van der Waals surface area contributed by atoms with Crippen LogP contribution in [0.2, 0.25) is 0 Å². The molecule has 8 heteroatoms. The van der Waals surface area contributed by atoms with Crippen molar-refractivity contribution in [3.63, 3.8) is 0 Å². The van der Waals surface area contributed by atoms with Crippen LogP contribution in [0.4, 0.5) is 0 Å². The van der Waals surface area contributed by atoms with Crippen molar-refractivity contribution in [1.29, 1.82) is 0 Å². The van der Waals surface area contributed by atoms with Crippen molar-refractivity contribution < 1.29 is 32.9 Å². The van der Waals surface area contributed by atoms with E-state index in [2.05, 4.69) is 4.52 Å². The van der Waals surface area contributed by atoms with Crippen LogP contribution in [-0.4, -0.2) is 21.4 Å². The maximum atomic E-state index is 12.3. The summed E-state index contributed by atoms with van der Waals surface area (Å²) in [7, 11) is -4.64. The first kappa shape index (κ1) is 14.5. The first-order chi connectivity index (χ1) is 10.4. The van der Waals surface area contributed by atoms with Gasteiger partial charge in [0.05, 0.1) is 11.8 Å². The molecule has 0 amide bonds. The summed E-state index contributed by atoms with van der Waals surface area (Å²) in [6.07, 6.45) is 1.86.